The third-order valence-electron chi connectivity index (χ3n) is 16.3. The minimum Gasteiger partial charge on any atom is -0.437 e. The van der Waals surface area contributed by atoms with Crippen molar-refractivity contribution in [3.05, 3.63) is 276 Å². The van der Waals surface area contributed by atoms with Crippen LogP contribution in [0.15, 0.2) is 247 Å². The Labute approximate surface area is 456 Å². The van der Waals surface area contributed by atoms with Gasteiger partial charge in [-0.2, -0.15) is 0 Å². The number of anilines is 6. The topological polar surface area (TPSA) is 45.4 Å². The third kappa shape index (κ3) is 7.44. The van der Waals surface area contributed by atoms with E-state index in [1.54, 1.807) is 0 Å². The van der Waals surface area contributed by atoms with E-state index in [2.05, 4.69) is 276 Å². The summed E-state index contributed by atoms with van der Waals surface area (Å²) in [6.07, 6.45) is 3.88. The number of aromatic nitrogens is 2. The number of fused-ring (bicyclic) bond motifs is 14. The van der Waals surface area contributed by atoms with E-state index in [9.17, 15) is 0 Å². The van der Waals surface area contributed by atoms with Crippen molar-refractivity contribution in [2.75, 3.05) is 9.80 Å². The summed E-state index contributed by atoms with van der Waals surface area (Å²) in [5.74, 6) is 0.839. The van der Waals surface area contributed by atoms with Crippen LogP contribution in [0.3, 0.4) is 0 Å². The molecule has 3 heterocycles. The highest BCUT2D eigenvalue weighted by molar-refractivity contribution is 6.19. The quantitative estimate of drug-likeness (QED) is 0.152. The highest BCUT2D eigenvalue weighted by Gasteiger charge is 2.53. The zero-order valence-corrected chi connectivity index (χ0v) is 44.8. The minimum absolute atomic E-state index is 0.0264. The smallest absolute Gasteiger partial charge is 0.227 e. The average Bonchev–Trinajstić information content (AvgIpc) is 4.23. The fourth-order valence-corrected chi connectivity index (χ4v) is 12.4. The van der Waals surface area contributed by atoms with Crippen LogP contribution >= 0.6 is 0 Å². The van der Waals surface area contributed by atoms with Crippen molar-refractivity contribution in [1.82, 2.24) is 9.97 Å². The maximum atomic E-state index is 7.28. The monoisotopic (exact) mass is 1010 g/mol. The van der Waals surface area contributed by atoms with E-state index in [4.69, 9.17) is 14.4 Å². The molecular formula is C73H58N4O. The molecule has 3 aromatic heterocycles. The molecule has 0 bridgehead atoms. The number of hydrogen-bond acceptors (Lipinski definition) is 5. The van der Waals surface area contributed by atoms with Gasteiger partial charge in [0.2, 0.25) is 5.71 Å². The lowest BCUT2D eigenvalue weighted by molar-refractivity contribution is 0.587. The predicted octanol–water partition coefficient (Wildman–Crippen LogP) is 19.6. The van der Waals surface area contributed by atoms with Gasteiger partial charge in [-0.05, 0) is 156 Å². The molecule has 14 rings (SSSR count). The SMILES string of the molecule is CC(C)(C)c1ccc(N(c2ccc(-c3ccccc3)cc2)c2cc3c(c4oc5ncccc5c24)-c2ccc(N(c4ccc(-c5ccccc5)cc4)c4ccc(C(C)(C)C)cn4)cc2C32c3ccccc3-c3ccccc32)cc1. The molecule has 9 aromatic carbocycles. The zero-order valence-electron chi connectivity index (χ0n) is 44.8. The molecule has 5 nitrogen and oxygen atoms in total. The van der Waals surface area contributed by atoms with Crippen molar-refractivity contribution < 1.29 is 4.42 Å². The maximum absolute atomic E-state index is 7.28. The van der Waals surface area contributed by atoms with Crippen LogP contribution in [-0.2, 0) is 16.2 Å². The van der Waals surface area contributed by atoms with E-state index in [0.29, 0.717) is 5.71 Å². The molecule has 2 aliphatic carbocycles. The van der Waals surface area contributed by atoms with E-state index in [1.807, 2.05) is 18.5 Å². The number of rotatable bonds is 8. The molecule has 0 fully saturated rings. The fourth-order valence-electron chi connectivity index (χ4n) is 12.4. The first-order valence-electron chi connectivity index (χ1n) is 27.1. The summed E-state index contributed by atoms with van der Waals surface area (Å²) in [6, 6.07) is 84.5. The summed E-state index contributed by atoms with van der Waals surface area (Å²) < 4.78 is 7.28. The standard InChI is InChI=1S/C73H58N4O/c1-71(2,3)51-31-38-54(39-32-51)76(53-34-27-49(28-35-53)47-18-9-7-10-19-47)65-45-64-67(69-68(65)60-24-17-43-74-70(60)78-69)59-41-40-56(44-63(59)73(64)61-25-15-13-22-57(61)58-23-14-16-26-62(58)73)77(66-42-33-52(46-75-66)72(4,5)6)55-36-29-50(30-37-55)48-20-11-8-12-21-48/h7-46H,1-6H3. The van der Waals surface area contributed by atoms with E-state index in [1.165, 1.54) is 50.1 Å². The molecule has 0 saturated carbocycles. The predicted molar refractivity (Wildman–Crippen MR) is 323 cm³/mol. The largest absolute Gasteiger partial charge is 0.437 e. The highest BCUT2D eigenvalue weighted by atomic mass is 16.3. The van der Waals surface area contributed by atoms with Gasteiger partial charge in [0.15, 0.2) is 0 Å². The molecule has 376 valence electrons. The minimum atomic E-state index is -0.755. The molecule has 78 heavy (non-hydrogen) atoms. The number of benzene rings is 9. The van der Waals surface area contributed by atoms with E-state index in [-0.39, 0.29) is 10.8 Å². The van der Waals surface area contributed by atoms with Crippen molar-refractivity contribution in [1.29, 1.82) is 0 Å². The molecule has 0 saturated heterocycles. The second-order valence-corrected chi connectivity index (χ2v) is 23.0. The van der Waals surface area contributed by atoms with Gasteiger partial charge in [-0.25, -0.2) is 9.97 Å². The summed E-state index contributed by atoms with van der Waals surface area (Å²) in [5, 5.41) is 1.97. The van der Waals surface area contributed by atoms with Gasteiger partial charge < -0.3 is 9.32 Å². The molecule has 0 unspecified atom stereocenters. The Morgan fingerprint density at radius 3 is 1.47 bits per heavy atom. The van der Waals surface area contributed by atoms with Crippen LogP contribution in [0.5, 0.6) is 0 Å². The number of nitrogens with zero attached hydrogens (tertiary/aromatic N) is 4. The van der Waals surface area contributed by atoms with Crippen LogP contribution in [-0.4, -0.2) is 9.97 Å². The lowest BCUT2D eigenvalue weighted by Crippen LogP contribution is -2.26. The molecular weight excluding hydrogens is 949 g/mol. The first kappa shape index (κ1) is 47.2. The van der Waals surface area contributed by atoms with Crippen LogP contribution in [0.1, 0.15) is 74.9 Å². The normalized spacial score (nSPS) is 13.1. The molecule has 5 heteroatoms. The number of hydrogen-bond donors (Lipinski definition) is 0. The first-order valence-corrected chi connectivity index (χ1v) is 27.1. The summed E-state index contributed by atoms with van der Waals surface area (Å²) in [5.41, 5.74) is 22.3. The lowest BCUT2D eigenvalue weighted by Gasteiger charge is -2.33. The lowest BCUT2D eigenvalue weighted by atomic mass is 9.70. The van der Waals surface area contributed by atoms with Gasteiger partial charge in [-0.15, -0.1) is 0 Å². The molecule has 0 atom stereocenters. The van der Waals surface area contributed by atoms with Crippen LogP contribution in [0.4, 0.5) is 34.3 Å². The van der Waals surface area contributed by atoms with Gasteiger partial charge in [0, 0.05) is 40.7 Å². The summed E-state index contributed by atoms with van der Waals surface area (Å²) >= 11 is 0. The fraction of sp³-hybridized carbons (Fsp3) is 0.123. The number of pyridine rings is 2. The zero-order chi connectivity index (χ0) is 52.9. The van der Waals surface area contributed by atoms with Gasteiger partial charge >= 0.3 is 0 Å². The summed E-state index contributed by atoms with van der Waals surface area (Å²) in [4.78, 5) is 15.0. The van der Waals surface area contributed by atoms with Crippen molar-refractivity contribution in [3.8, 4) is 44.5 Å². The van der Waals surface area contributed by atoms with Crippen LogP contribution in [0.2, 0.25) is 0 Å². The Hall–Kier alpha value is -9.32. The number of furan rings is 1. The Kier molecular flexibility index (Phi) is 10.8. The third-order valence-corrected chi connectivity index (χ3v) is 16.3. The molecule has 0 amide bonds. The second kappa shape index (κ2) is 17.9. The molecule has 0 radical (unpaired) electrons. The van der Waals surface area contributed by atoms with Crippen molar-refractivity contribution in [2.45, 2.75) is 57.8 Å². The summed E-state index contributed by atoms with van der Waals surface area (Å²) in [7, 11) is 0. The molecule has 0 aliphatic heterocycles. The Morgan fingerprint density at radius 1 is 0.397 bits per heavy atom. The highest BCUT2D eigenvalue weighted by Crippen LogP contribution is 2.66. The van der Waals surface area contributed by atoms with Crippen LogP contribution < -0.4 is 9.80 Å². The van der Waals surface area contributed by atoms with Gasteiger partial charge in [0.1, 0.15) is 11.4 Å². The first-order chi connectivity index (χ1) is 37.9. The second-order valence-electron chi connectivity index (χ2n) is 23.0. The Balaban J connectivity index is 1.06. The Bertz CT molecular complexity index is 4200. The van der Waals surface area contributed by atoms with E-state index >= 15 is 0 Å². The van der Waals surface area contributed by atoms with Crippen molar-refractivity contribution >= 4 is 56.3 Å². The van der Waals surface area contributed by atoms with Gasteiger partial charge in [-0.1, -0.05) is 199 Å². The summed E-state index contributed by atoms with van der Waals surface area (Å²) in [6.45, 7) is 13.5. The Morgan fingerprint density at radius 2 is 0.910 bits per heavy atom. The molecule has 0 N–H and O–H groups in total. The van der Waals surface area contributed by atoms with Gasteiger partial charge in [0.25, 0.3) is 0 Å². The van der Waals surface area contributed by atoms with Crippen LogP contribution in [0, 0.1) is 0 Å². The van der Waals surface area contributed by atoms with E-state index < -0.39 is 5.41 Å². The van der Waals surface area contributed by atoms with Gasteiger partial charge in [0.05, 0.1) is 21.9 Å². The van der Waals surface area contributed by atoms with E-state index in [0.717, 1.165) is 78.4 Å². The molecule has 1 spiro atoms. The van der Waals surface area contributed by atoms with Crippen molar-refractivity contribution in [3.63, 3.8) is 0 Å². The molecule has 2 aliphatic rings. The van der Waals surface area contributed by atoms with Gasteiger partial charge in [-0.3, -0.25) is 4.90 Å². The maximum Gasteiger partial charge on any atom is 0.227 e. The van der Waals surface area contributed by atoms with Crippen LogP contribution in [0.25, 0.3) is 66.6 Å². The average molecular weight is 1010 g/mol. The molecule has 12 aromatic rings. The van der Waals surface area contributed by atoms with Crippen molar-refractivity contribution in [2.24, 2.45) is 0 Å².